The van der Waals surface area contributed by atoms with Crippen LogP contribution in [0.15, 0.2) is 11.6 Å². The maximum Gasteiger partial charge on any atom is 0.146 e. The van der Waals surface area contributed by atoms with Crippen LogP contribution in [0.3, 0.4) is 0 Å². The molecular weight excluding hydrogens is 200 g/mol. The summed E-state index contributed by atoms with van der Waals surface area (Å²) in [5.41, 5.74) is 2.32. The van der Waals surface area contributed by atoms with Crippen molar-refractivity contribution in [1.29, 1.82) is 0 Å². The van der Waals surface area contributed by atoms with Gasteiger partial charge in [0.05, 0.1) is 5.60 Å². The third kappa shape index (κ3) is 1.07. The maximum absolute atomic E-state index is 5.95. The molecule has 15 heavy (non-hydrogen) atoms. The van der Waals surface area contributed by atoms with E-state index in [4.69, 9.17) is 4.43 Å². The minimum Gasteiger partial charge on any atom is -0.422 e. The van der Waals surface area contributed by atoms with E-state index >= 15 is 0 Å². The normalized spacial score (nSPS) is 43.5. The molecule has 0 radical (unpaired) electrons. The minimum absolute atomic E-state index is 0.0961. The Labute approximate surface area is 95.8 Å². The second-order valence-corrected chi connectivity index (χ2v) is 6.55. The highest BCUT2D eigenvalue weighted by molar-refractivity contribution is 5.98. The van der Waals surface area contributed by atoms with Crippen molar-refractivity contribution in [3.05, 3.63) is 11.6 Å². The summed E-state index contributed by atoms with van der Waals surface area (Å²) in [5.74, 6) is 1.93. The van der Waals surface area contributed by atoms with E-state index in [1.807, 2.05) is 0 Å². The highest BCUT2D eigenvalue weighted by Crippen LogP contribution is 2.67. The van der Waals surface area contributed by atoms with Crippen LogP contribution in [0, 0.1) is 17.3 Å². The summed E-state index contributed by atoms with van der Waals surface area (Å²) in [5, 5.41) is 0. The van der Waals surface area contributed by atoms with Gasteiger partial charge in [0.25, 0.3) is 0 Å². The number of allylic oxidation sites excluding steroid dienone is 1. The molecule has 1 nitrogen and oxygen atoms in total. The largest absolute Gasteiger partial charge is 0.422 e. The van der Waals surface area contributed by atoms with Crippen LogP contribution in [0.4, 0.5) is 0 Å². The zero-order chi connectivity index (χ0) is 10.7. The Balaban J connectivity index is 2.05. The van der Waals surface area contributed by atoms with Crippen molar-refractivity contribution in [3.63, 3.8) is 0 Å². The topological polar surface area (TPSA) is 9.23 Å². The zero-order valence-electron chi connectivity index (χ0n) is 10.2. The second-order valence-electron chi connectivity index (χ2n) is 6.14. The van der Waals surface area contributed by atoms with E-state index in [0.717, 1.165) is 22.3 Å². The third-order valence-corrected chi connectivity index (χ3v) is 6.60. The summed E-state index contributed by atoms with van der Waals surface area (Å²) in [4.78, 5) is 0. The molecule has 3 aliphatic rings. The number of hydrogen-bond donors (Lipinski definition) is 0. The molecule has 84 valence electrons. The lowest BCUT2D eigenvalue weighted by Gasteiger charge is -2.44. The van der Waals surface area contributed by atoms with E-state index in [1.165, 1.54) is 32.1 Å². The monoisotopic (exact) mass is 222 g/mol. The standard InChI is InChI=1S/C13H22OSi/c1-12(2,14-15)13-7-6-9(8-13)10-4-3-5-11(10)13/h5,9-10H,3-4,6-8H2,1-2,15H3. The van der Waals surface area contributed by atoms with Gasteiger partial charge in [0, 0.05) is 5.41 Å². The Morgan fingerprint density at radius 2 is 2.27 bits per heavy atom. The quantitative estimate of drug-likeness (QED) is 0.514. The summed E-state index contributed by atoms with van der Waals surface area (Å²) >= 11 is 0. The molecule has 2 bridgehead atoms. The van der Waals surface area contributed by atoms with Crippen LogP contribution in [0.1, 0.15) is 46.0 Å². The smallest absolute Gasteiger partial charge is 0.146 e. The van der Waals surface area contributed by atoms with Gasteiger partial charge in [-0.1, -0.05) is 11.6 Å². The molecule has 2 fully saturated rings. The van der Waals surface area contributed by atoms with Crippen molar-refractivity contribution >= 4 is 10.5 Å². The van der Waals surface area contributed by atoms with Gasteiger partial charge in [0.2, 0.25) is 0 Å². The van der Waals surface area contributed by atoms with Crippen molar-refractivity contribution in [2.75, 3.05) is 0 Å². The van der Waals surface area contributed by atoms with E-state index in [2.05, 4.69) is 19.9 Å². The summed E-state index contributed by atoms with van der Waals surface area (Å²) < 4.78 is 5.95. The van der Waals surface area contributed by atoms with E-state index < -0.39 is 0 Å². The fourth-order valence-corrected chi connectivity index (χ4v) is 4.93. The molecule has 0 spiro atoms. The van der Waals surface area contributed by atoms with Crippen molar-refractivity contribution in [3.8, 4) is 0 Å². The molecule has 0 saturated heterocycles. The molecule has 0 amide bonds. The lowest BCUT2D eigenvalue weighted by Crippen LogP contribution is -2.44. The minimum atomic E-state index is 0.0961. The first-order valence-corrected chi connectivity index (χ1v) is 7.18. The molecule has 0 aromatic rings. The number of fused-ring (bicyclic) bond motifs is 5. The van der Waals surface area contributed by atoms with E-state index in [1.54, 1.807) is 5.57 Å². The van der Waals surface area contributed by atoms with Crippen LogP contribution in [-0.4, -0.2) is 16.1 Å². The Kier molecular flexibility index (Phi) is 2.01. The van der Waals surface area contributed by atoms with Crippen LogP contribution in [-0.2, 0) is 4.43 Å². The van der Waals surface area contributed by atoms with Gasteiger partial charge >= 0.3 is 0 Å². The van der Waals surface area contributed by atoms with Crippen molar-refractivity contribution in [2.45, 2.75) is 51.6 Å². The first-order valence-electron chi connectivity index (χ1n) is 6.36. The van der Waals surface area contributed by atoms with E-state index in [9.17, 15) is 0 Å². The third-order valence-electron chi connectivity index (χ3n) is 5.58. The summed E-state index contributed by atoms with van der Waals surface area (Å²) in [6, 6.07) is 0. The lowest BCUT2D eigenvalue weighted by atomic mass is 9.67. The Hall–Kier alpha value is -0.0831. The molecule has 3 atom stereocenters. The summed E-state index contributed by atoms with van der Waals surface area (Å²) in [6.45, 7) is 4.65. The molecule has 2 saturated carbocycles. The van der Waals surface area contributed by atoms with Crippen LogP contribution >= 0.6 is 0 Å². The first kappa shape index (κ1) is 10.1. The predicted molar refractivity (Wildman–Crippen MR) is 65.7 cm³/mol. The van der Waals surface area contributed by atoms with Crippen LogP contribution in [0.25, 0.3) is 0 Å². The van der Waals surface area contributed by atoms with E-state index in [0.29, 0.717) is 5.41 Å². The van der Waals surface area contributed by atoms with Gasteiger partial charge in [-0.3, -0.25) is 0 Å². The highest BCUT2D eigenvalue weighted by atomic mass is 28.2. The van der Waals surface area contributed by atoms with Crippen LogP contribution in [0.2, 0.25) is 0 Å². The molecule has 0 aromatic heterocycles. The van der Waals surface area contributed by atoms with Gasteiger partial charge in [-0.2, -0.15) is 0 Å². The molecule has 3 rings (SSSR count). The van der Waals surface area contributed by atoms with Gasteiger partial charge in [0.15, 0.2) is 0 Å². The van der Waals surface area contributed by atoms with Crippen LogP contribution in [0.5, 0.6) is 0 Å². The molecule has 0 heterocycles. The molecular formula is C13H22OSi. The average molecular weight is 222 g/mol. The SMILES string of the molecule is CC(C)(O[SiH3])C12CCC(C1)C1CCC=C12. The van der Waals surface area contributed by atoms with Crippen molar-refractivity contribution < 1.29 is 4.43 Å². The Bertz CT molecular complexity index is 320. The van der Waals surface area contributed by atoms with Gasteiger partial charge in [-0.05, 0) is 57.8 Å². The Morgan fingerprint density at radius 3 is 3.00 bits per heavy atom. The van der Waals surface area contributed by atoms with Crippen molar-refractivity contribution in [1.82, 2.24) is 0 Å². The zero-order valence-corrected chi connectivity index (χ0v) is 12.2. The number of rotatable bonds is 2. The van der Waals surface area contributed by atoms with E-state index in [-0.39, 0.29) is 5.60 Å². The van der Waals surface area contributed by atoms with Crippen LogP contribution < -0.4 is 0 Å². The molecule has 3 unspecified atom stereocenters. The van der Waals surface area contributed by atoms with Gasteiger partial charge < -0.3 is 4.43 Å². The fraction of sp³-hybridized carbons (Fsp3) is 0.846. The summed E-state index contributed by atoms with van der Waals surface area (Å²) in [6.07, 6.45) is 9.56. The first-order chi connectivity index (χ1) is 7.11. The highest BCUT2D eigenvalue weighted by Gasteiger charge is 2.61. The molecule has 2 heteroatoms. The molecule has 0 N–H and O–H groups in total. The predicted octanol–water partition coefficient (Wildman–Crippen LogP) is 2.20. The lowest BCUT2D eigenvalue weighted by molar-refractivity contribution is 0.00338. The Morgan fingerprint density at radius 1 is 1.47 bits per heavy atom. The number of hydrogen-bond acceptors (Lipinski definition) is 1. The van der Waals surface area contributed by atoms with Gasteiger partial charge in [-0.25, -0.2) is 0 Å². The van der Waals surface area contributed by atoms with Gasteiger partial charge in [0.1, 0.15) is 10.5 Å². The van der Waals surface area contributed by atoms with Gasteiger partial charge in [-0.15, -0.1) is 0 Å². The molecule has 3 aliphatic carbocycles. The molecule has 0 aliphatic heterocycles. The average Bonchev–Trinajstić information content (AvgIpc) is 2.89. The maximum atomic E-state index is 5.95. The molecule has 0 aromatic carbocycles. The fourth-order valence-electron chi connectivity index (χ4n) is 4.54. The summed E-state index contributed by atoms with van der Waals surface area (Å²) in [7, 11) is 0.868. The van der Waals surface area contributed by atoms with Crippen molar-refractivity contribution in [2.24, 2.45) is 17.3 Å². The second kappa shape index (κ2) is 2.98.